The summed E-state index contributed by atoms with van der Waals surface area (Å²) in [5, 5.41) is 8.86. The minimum Gasteiger partial charge on any atom is -0.481 e. The van der Waals surface area contributed by atoms with Crippen molar-refractivity contribution in [3.05, 3.63) is 54.2 Å². The maximum Gasteiger partial charge on any atom is 0.305 e. The van der Waals surface area contributed by atoms with Crippen molar-refractivity contribution in [1.82, 2.24) is 4.72 Å². The Balaban J connectivity index is 2.27. The summed E-state index contributed by atoms with van der Waals surface area (Å²) < 4.78 is 44.4. The van der Waals surface area contributed by atoms with E-state index in [-0.39, 0.29) is 10.7 Å². The molecule has 0 amide bonds. The lowest BCUT2D eigenvalue weighted by atomic mass is 10.2. The van der Waals surface area contributed by atoms with Gasteiger partial charge >= 0.3 is 5.97 Å². The number of hydrogen-bond acceptors (Lipinski definition) is 4. The summed E-state index contributed by atoms with van der Waals surface area (Å²) in [4.78, 5) is 10.7. The molecule has 1 aromatic heterocycles. The van der Waals surface area contributed by atoms with E-state index in [1.165, 1.54) is 18.4 Å². The Morgan fingerprint density at radius 2 is 1.95 bits per heavy atom. The van der Waals surface area contributed by atoms with Gasteiger partial charge in [-0.1, -0.05) is 0 Å². The molecule has 0 radical (unpaired) electrons. The minimum atomic E-state index is -3.99. The van der Waals surface area contributed by atoms with E-state index in [0.717, 1.165) is 24.3 Å². The molecular weight excluding hydrogens is 301 g/mol. The van der Waals surface area contributed by atoms with Gasteiger partial charge in [-0.05, 0) is 36.4 Å². The Morgan fingerprint density at radius 1 is 1.29 bits per heavy atom. The Morgan fingerprint density at radius 3 is 2.48 bits per heavy atom. The average Bonchev–Trinajstić information content (AvgIpc) is 2.91. The minimum absolute atomic E-state index is 0.161. The average molecular weight is 313 g/mol. The Kier molecular flexibility index (Phi) is 4.39. The fourth-order valence-corrected chi connectivity index (χ4v) is 2.94. The van der Waals surface area contributed by atoms with Crippen molar-refractivity contribution in [2.24, 2.45) is 0 Å². The van der Waals surface area contributed by atoms with E-state index in [9.17, 15) is 17.6 Å². The van der Waals surface area contributed by atoms with Gasteiger partial charge in [0.1, 0.15) is 11.6 Å². The number of sulfonamides is 1. The standard InChI is InChI=1S/C13H12FNO5S/c14-9-3-5-10(6-4-9)21(18,19)15-11(8-13(16)17)12-2-1-7-20-12/h1-7,11,15H,8H2,(H,16,17). The molecule has 2 N–H and O–H groups in total. The predicted octanol–water partition coefficient (Wildman–Crippen LogP) is 1.91. The van der Waals surface area contributed by atoms with Crippen LogP contribution in [0.4, 0.5) is 4.39 Å². The summed E-state index contributed by atoms with van der Waals surface area (Å²) in [5.74, 6) is -1.57. The number of halogens is 1. The van der Waals surface area contributed by atoms with Gasteiger partial charge in [0.15, 0.2) is 0 Å². The monoisotopic (exact) mass is 313 g/mol. The van der Waals surface area contributed by atoms with E-state index >= 15 is 0 Å². The van der Waals surface area contributed by atoms with Crippen LogP contribution in [0.15, 0.2) is 52.0 Å². The Hall–Kier alpha value is -2.19. The van der Waals surface area contributed by atoms with Crippen molar-refractivity contribution in [3.63, 3.8) is 0 Å². The topological polar surface area (TPSA) is 96.6 Å². The quantitative estimate of drug-likeness (QED) is 0.849. The van der Waals surface area contributed by atoms with Gasteiger partial charge in [-0.3, -0.25) is 4.79 Å². The lowest BCUT2D eigenvalue weighted by Crippen LogP contribution is -2.30. The van der Waals surface area contributed by atoms with Crippen LogP contribution in [0.3, 0.4) is 0 Å². The molecule has 1 atom stereocenters. The number of aliphatic carboxylic acids is 1. The van der Waals surface area contributed by atoms with Gasteiger partial charge < -0.3 is 9.52 Å². The zero-order valence-corrected chi connectivity index (χ0v) is 11.5. The second-order valence-corrected chi connectivity index (χ2v) is 5.96. The molecule has 112 valence electrons. The number of nitrogens with one attached hydrogen (secondary N) is 1. The number of carboxylic acid groups (broad SMARTS) is 1. The molecule has 2 aromatic rings. The van der Waals surface area contributed by atoms with Gasteiger partial charge in [-0.2, -0.15) is 4.72 Å². The first kappa shape index (κ1) is 15.2. The number of carbonyl (C=O) groups is 1. The van der Waals surface area contributed by atoms with Gasteiger partial charge in [-0.15, -0.1) is 0 Å². The third-order valence-electron chi connectivity index (χ3n) is 2.69. The van der Waals surface area contributed by atoms with E-state index in [1.54, 1.807) is 0 Å². The van der Waals surface area contributed by atoms with Gasteiger partial charge in [0.25, 0.3) is 0 Å². The molecule has 0 aliphatic heterocycles. The highest BCUT2D eigenvalue weighted by Gasteiger charge is 2.25. The maximum absolute atomic E-state index is 12.8. The van der Waals surface area contributed by atoms with Gasteiger partial charge in [0.2, 0.25) is 10.0 Å². The van der Waals surface area contributed by atoms with Crippen LogP contribution in [0.5, 0.6) is 0 Å². The molecule has 0 aliphatic rings. The van der Waals surface area contributed by atoms with Gasteiger partial charge in [0, 0.05) is 0 Å². The smallest absolute Gasteiger partial charge is 0.305 e. The summed E-state index contributed by atoms with van der Waals surface area (Å²) in [6.45, 7) is 0. The van der Waals surface area contributed by atoms with Crippen molar-refractivity contribution >= 4 is 16.0 Å². The molecule has 1 heterocycles. The first-order valence-corrected chi connectivity index (χ1v) is 7.40. The van der Waals surface area contributed by atoms with Gasteiger partial charge in [-0.25, -0.2) is 12.8 Å². The van der Waals surface area contributed by atoms with Crippen LogP contribution in [0, 0.1) is 5.82 Å². The van der Waals surface area contributed by atoms with Crippen molar-refractivity contribution in [2.45, 2.75) is 17.4 Å². The zero-order chi connectivity index (χ0) is 15.5. The predicted molar refractivity (Wildman–Crippen MR) is 70.4 cm³/mol. The Bertz CT molecular complexity index is 710. The van der Waals surface area contributed by atoms with E-state index in [1.807, 2.05) is 0 Å². The van der Waals surface area contributed by atoms with E-state index in [2.05, 4.69) is 4.72 Å². The highest BCUT2D eigenvalue weighted by atomic mass is 32.2. The van der Waals surface area contributed by atoms with Gasteiger partial charge in [0.05, 0.1) is 23.6 Å². The third-order valence-corrected chi connectivity index (χ3v) is 4.17. The number of furan rings is 1. The number of rotatable bonds is 6. The van der Waals surface area contributed by atoms with Crippen LogP contribution < -0.4 is 4.72 Å². The number of benzene rings is 1. The molecule has 2 rings (SSSR count). The lowest BCUT2D eigenvalue weighted by molar-refractivity contribution is -0.137. The molecule has 0 saturated heterocycles. The number of hydrogen-bond donors (Lipinski definition) is 2. The first-order chi connectivity index (χ1) is 9.88. The van der Waals surface area contributed by atoms with Crippen LogP contribution in [-0.4, -0.2) is 19.5 Å². The molecule has 1 aromatic carbocycles. The van der Waals surface area contributed by atoms with E-state index < -0.39 is 34.3 Å². The van der Waals surface area contributed by atoms with Crippen LogP contribution in [-0.2, 0) is 14.8 Å². The SMILES string of the molecule is O=C(O)CC(NS(=O)(=O)c1ccc(F)cc1)c1ccco1. The first-order valence-electron chi connectivity index (χ1n) is 5.91. The molecule has 0 saturated carbocycles. The second kappa shape index (κ2) is 6.06. The molecule has 0 bridgehead atoms. The molecule has 0 spiro atoms. The molecule has 1 unspecified atom stereocenters. The normalized spacial score (nSPS) is 13.0. The largest absolute Gasteiger partial charge is 0.481 e. The Labute approximate surface area is 120 Å². The van der Waals surface area contributed by atoms with Crippen molar-refractivity contribution in [3.8, 4) is 0 Å². The fourth-order valence-electron chi connectivity index (χ4n) is 1.73. The van der Waals surface area contributed by atoms with Crippen molar-refractivity contribution < 1.29 is 27.1 Å². The summed E-state index contributed by atoms with van der Waals surface area (Å²) in [6.07, 6.45) is 0.838. The summed E-state index contributed by atoms with van der Waals surface area (Å²) in [7, 11) is -3.99. The molecular formula is C13H12FNO5S. The summed E-state index contributed by atoms with van der Waals surface area (Å²) in [6, 6.07) is 6.15. The van der Waals surface area contributed by atoms with Crippen molar-refractivity contribution in [2.75, 3.05) is 0 Å². The molecule has 8 heteroatoms. The van der Waals surface area contributed by atoms with Crippen molar-refractivity contribution in [1.29, 1.82) is 0 Å². The number of carboxylic acids is 1. The van der Waals surface area contributed by atoms with Crippen LogP contribution >= 0.6 is 0 Å². The second-order valence-electron chi connectivity index (χ2n) is 4.24. The fraction of sp³-hybridized carbons (Fsp3) is 0.154. The molecule has 0 aliphatic carbocycles. The third kappa shape index (κ3) is 3.89. The highest BCUT2D eigenvalue weighted by Crippen LogP contribution is 2.21. The maximum atomic E-state index is 12.8. The molecule has 0 fully saturated rings. The highest BCUT2D eigenvalue weighted by molar-refractivity contribution is 7.89. The van der Waals surface area contributed by atoms with E-state index in [4.69, 9.17) is 9.52 Å². The van der Waals surface area contributed by atoms with Crippen LogP contribution in [0.25, 0.3) is 0 Å². The summed E-state index contributed by atoms with van der Waals surface area (Å²) in [5.41, 5.74) is 0. The zero-order valence-electron chi connectivity index (χ0n) is 10.7. The van der Waals surface area contributed by atoms with Crippen LogP contribution in [0.2, 0.25) is 0 Å². The van der Waals surface area contributed by atoms with E-state index in [0.29, 0.717) is 0 Å². The molecule has 6 nitrogen and oxygen atoms in total. The summed E-state index contributed by atoms with van der Waals surface area (Å²) >= 11 is 0. The van der Waals surface area contributed by atoms with Crippen LogP contribution in [0.1, 0.15) is 18.2 Å². The lowest BCUT2D eigenvalue weighted by Gasteiger charge is -2.15. The molecule has 21 heavy (non-hydrogen) atoms.